The molecule has 1 aliphatic heterocycles. The Labute approximate surface area is 151 Å². The van der Waals surface area contributed by atoms with Crippen LogP contribution in [-0.4, -0.2) is 50.4 Å². The van der Waals surface area contributed by atoms with E-state index in [4.69, 9.17) is 14.2 Å². The molecule has 1 unspecified atom stereocenters. The average Bonchev–Trinajstić information content (AvgIpc) is 3.10. The molecule has 0 N–H and O–H groups in total. The number of aromatic nitrogens is 1. The first kappa shape index (κ1) is 16.6. The fraction of sp³-hybridized carbons (Fsp3) is 0.421. The fourth-order valence-electron chi connectivity index (χ4n) is 3.56. The maximum atomic E-state index is 5.77. The van der Waals surface area contributed by atoms with Gasteiger partial charge in [-0.25, -0.2) is 0 Å². The van der Waals surface area contributed by atoms with Gasteiger partial charge < -0.3 is 14.2 Å². The highest BCUT2D eigenvalue weighted by Gasteiger charge is 2.24. The molecule has 1 atom stereocenters. The molecule has 0 spiro atoms. The van der Waals surface area contributed by atoms with Crippen LogP contribution in [0.25, 0.3) is 20.9 Å². The van der Waals surface area contributed by atoms with Gasteiger partial charge in [-0.1, -0.05) is 0 Å². The van der Waals surface area contributed by atoms with Gasteiger partial charge in [0.05, 0.1) is 32.1 Å². The maximum Gasteiger partial charge on any atom is 0.144 e. The van der Waals surface area contributed by atoms with E-state index in [9.17, 15) is 0 Å². The van der Waals surface area contributed by atoms with Crippen molar-refractivity contribution in [2.24, 2.45) is 0 Å². The molecule has 1 saturated heterocycles. The first-order chi connectivity index (χ1) is 12.2. The average molecular weight is 358 g/mol. The highest BCUT2D eigenvalue weighted by Crippen LogP contribution is 2.47. The number of ether oxygens (including phenoxy) is 3. The number of rotatable bonds is 4. The van der Waals surface area contributed by atoms with Crippen molar-refractivity contribution in [3.05, 3.63) is 29.4 Å². The van der Waals surface area contributed by atoms with Gasteiger partial charge in [-0.2, -0.15) is 0 Å². The molecule has 0 bridgehead atoms. The molecular weight excluding hydrogens is 336 g/mol. The highest BCUT2D eigenvalue weighted by molar-refractivity contribution is 7.19. The molecule has 0 radical (unpaired) electrons. The van der Waals surface area contributed by atoms with E-state index in [1.165, 1.54) is 4.88 Å². The summed E-state index contributed by atoms with van der Waals surface area (Å²) in [5.41, 5.74) is 0. The summed E-state index contributed by atoms with van der Waals surface area (Å²) in [5.74, 6) is 1.77. The van der Waals surface area contributed by atoms with Crippen LogP contribution in [0.2, 0.25) is 0 Å². The second-order valence-electron chi connectivity index (χ2n) is 6.20. The number of pyridine rings is 1. The maximum absolute atomic E-state index is 5.77. The second kappa shape index (κ2) is 6.78. The van der Waals surface area contributed by atoms with E-state index in [0.29, 0.717) is 6.04 Å². The molecule has 5 nitrogen and oxygen atoms in total. The van der Waals surface area contributed by atoms with Gasteiger partial charge in [-0.3, -0.25) is 9.88 Å². The highest BCUT2D eigenvalue weighted by atomic mass is 32.1. The number of benzene rings is 1. The summed E-state index contributed by atoms with van der Waals surface area (Å²) < 4.78 is 18.1. The predicted octanol–water partition coefficient (Wildman–Crippen LogP) is 3.86. The van der Waals surface area contributed by atoms with Crippen LogP contribution in [0.1, 0.15) is 17.8 Å². The minimum absolute atomic E-state index is 0.344. The quantitative estimate of drug-likeness (QED) is 0.708. The van der Waals surface area contributed by atoms with E-state index in [1.54, 1.807) is 31.8 Å². The summed E-state index contributed by atoms with van der Waals surface area (Å²) in [5, 5.41) is 3.12. The van der Waals surface area contributed by atoms with Crippen LogP contribution in [0.15, 0.2) is 24.5 Å². The molecule has 132 valence electrons. The zero-order valence-electron chi connectivity index (χ0n) is 14.7. The number of fused-ring (bicyclic) bond motifs is 2. The minimum atomic E-state index is 0.344. The van der Waals surface area contributed by atoms with E-state index >= 15 is 0 Å². The van der Waals surface area contributed by atoms with Gasteiger partial charge in [0.1, 0.15) is 11.5 Å². The molecule has 25 heavy (non-hydrogen) atoms. The van der Waals surface area contributed by atoms with Crippen molar-refractivity contribution in [3.8, 4) is 11.5 Å². The summed E-state index contributed by atoms with van der Waals surface area (Å²) in [6, 6.07) is 4.58. The van der Waals surface area contributed by atoms with Crippen molar-refractivity contribution in [2.75, 3.05) is 40.5 Å². The number of hydrogen-bond donors (Lipinski definition) is 0. The van der Waals surface area contributed by atoms with Gasteiger partial charge in [0.15, 0.2) is 0 Å². The zero-order chi connectivity index (χ0) is 17.4. The summed E-state index contributed by atoms with van der Waals surface area (Å²) in [6.45, 7) is 5.80. The van der Waals surface area contributed by atoms with Crippen LogP contribution in [-0.2, 0) is 4.74 Å². The molecule has 2 aromatic heterocycles. The fourth-order valence-corrected chi connectivity index (χ4v) is 4.84. The molecular formula is C19H22N2O3S. The molecule has 4 rings (SSSR count). The van der Waals surface area contributed by atoms with Crippen LogP contribution in [0, 0.1) is 0 Å². The van der Waals surface area contributed by atoms with E-state index in [1.807, 2.05) is 12.3 Å². The number of nitrogens with zero attached hydrogens (tertiary/aromatic N) is 2. The van der Waals surface area contributed by atoms with Crippen LogP contribution in [0.3, 0.4) is 0 Å². The van der Waals surface area contributed by atoms with Crippen molar-refractivity contribution in [2.45, 2.75) is 13.0 Å². The Morgan fingerprint density at radius 1 is 1.12 bits per heavy atom. The minimum Gasteiger partial charge on any atom is -0.495 e. The summed E-state index contributed by atoms with van der Waals surface area (Å²) >= 11 is 1.79. The second-order valence-corrected chi connectivity index (χ2v) is 7.29. The van der Waals surface area contributed by atoms with E-state index < -0.39 is 0 Å². The number of thiophene rings is 1. The zero-order valence-corrected chi connectivity index (χ0v) is 15.6. The van der Waals surface area contributed by atoms with Crippen LogP contribution in [0.4, 0.5) is 0 Å². The van der Waals surface area contributed by atoms with E-state index in [0.717, 1.165) is 58.7 Å². The largest absolute Gasteiger partial charge is 0.495 e. The third-order valence-electron chi connectivity index (χ3n) is 4.93. The van der Waals surface area contributed by atoms with Crippen molar-refractivity contribution in [1.29, 1.82) is 0 Å². The first-order valence-electron chi connectivity index (χ1n) is 8.47. The Balaban J connectivity index is 1.90. The molecule has 1 fully saturated rings. The number of morpholine rings is 1. The lowest BCUT2D eigenvalue weighted by molar-refractivity contribution is 0.0205. The Morgan fingerprint density at radius 2 is 1.88 bits per heavy atom. The smallest absolute Gasteiger partial charge is 0.144 e. The van der Waals surface area contributed by atoms with Crippen molar-refractivity contribution < 1.29 is 14.2 Å². The molecule has 6 heteroatoms. The Bertz CT molecular complexity index is 842. The monoisotopic (exact) mass is 358 g/mol. The van der Waals surface area contributed by atoms with E-state index in [2.05, 4.69) is 22.9 Å². The molecule has 0 amide bonds. The topological polar surface area (TPSA) is 43.8 Å². The van der Waals surface area contributed by atoms with Crippen LogP contribution in [0.5, 0.6) is 11.5 Å². The Kier molecular flexibility index (Phi) is 4.50. The van der Waals surface area contributed by atoms with Gasteiger partial charge in [-0.05, 0) is 19.1 Å². The van der Waals surface area contributed by atoms with Gasteiger partial charge in [-0.15, -0.1) is 11.3 Å². The van der Waals surface area contributed by atoms with Crippen LogP contribution < -0.4 is 9.47 Å². The first-order valence-corrected chi connectivity index (χ1v) is 9.29. The lowest BCUT2D eigenvalue weighted by Crippen LogP contribution is -2.37. The molecule has 0 aliphatic carbocycles. The van der Waals surface area contributed by atoms with E-state index in [-0.39, 0.29) is 0 Å². The lowest BCUT2D eigenvalue weighted by Gasteiger charge is -2.31. The summed E-state index contributed by atoms with van der Waals surface area (Å²) in [6.07, 6.45) is 3.64. The van der Waals surface area contributed by atoms with Crippen molar-refractivity contribution >= 4 is 32.2 Å². The predicted molar refractivity (Wildman–Crippen MR) is 101 cm³/mol. The Hall–Kier alpha value is -1.89. The van der Waals surface area contributed by atoms with Gasteiger partial charge >= 0.3 is 0 Å². The third kappa shape index (κ3) is 2.74. The SMILES string of the molecule is COc1c2cnccc2c(OC)c2sc(C(C)N3CCOCC3)cc12. The lowest BCUT2D eigenvalue weighted by atomic mass is 10.1. The van der Waals surface area contributed by atoms with Crippen molar-refractivity contribution in [1.82, 2.24) is 9.88 Å². The van der Waals surface area contributed by atoms with Crippen molar-refractivity contribution in [3.63, 3.8) is 0 Å². The number of methoxy groups -OCH3 is 2. The Morgan fingerprint density at radius 3 is 2.60 bits per heavy atom. The van der Waals surface area contributed by atoms with Gasteiger partial charge in [0.2, 0.25) is 0 Å². The van der Waals surface area contributed by atoms with Gasteiger partial charge in [0.25, 0.3) is 0 Å². The number of hydrogen-bond acceptors (Lipinski definition) is 6. The molecule has 1 aromatic carbocycles. The standard InChI is InChI=1S/C19H22N2O3S/c1-12(21-6-8-24-9-7-21)16-10-14-17(22-2)15-11-20-5-4-13(15)18(23-3)19(14)25-16/h4-5,10-12H,6-9H2,1-3H3. The normalized spacial score (nSPS) is 17.1. The summed E-state index contributed by atoms with van der Waals surface area (Å²) in [4.78, 5) is 8.05. The van der Waals surface area contributed by atoms with Crippen LogP contribution >= 0.6 is 11.3 Å². The summed E-state index contributed by atoms with van der Waals surface area (Å²) in [7, 11) is 3.45. The molecule has 3 aromatic rings. The third-order valence-corrected chi connectivity index (χ3v) is 6.23. The molecule has 0 saturated carbocycles. The molecule has 3 heterocycles. The molecule has 1 aliphatic rings. The van der Waals surface area contributed by atoms with Gasteiger partial charge in [0, 0.05) is 52.6 Å².